The number of halogens is 1. The van der Waals surface area contributed by atoms with Gasteiger partial charge in [0.15, 0.2) is 0 Å². The Morgan fingerprint density at radius 1 is 1.24 bits per heavy atom. The number of aromatic nitrogens is 3. The van der Waals surface area contributed by atoms with E-state index in [1.165, 1.54) is 6.20 Å². The van der Waals surface area contributed by atoms with Gasteiger partial charge in [-0.15, -0.1) is 0 Å². The van der Waals surface area contributed by atoms with Crippen LogP contribution < -0.4 is 11.1 Å². The Bertz CT molecular complexity index is 1040. The van der Waals surface area contributed by atoms with E-state index < -0.39 is 5.54 Å². The number of amidine groups is 1. The van der Waals surface area contributed by atoms with E-state index in [0.717, 1.165) is 11.3 Å². The van der Waals surface area contributed by atoms with Crippen LogP contribution in [0.4, 0.5) is 5.69 Å². The number of rotatable bonds is 3. The standard InChI is InChI=1S/C19H17ClN6O.C2H6/c1-19(11-26-16(7-8-23-26)17(21)25-19)12-3-2-4-14(9-12)24-18(27)15-6-5-13(20)10-22-15;1-2/h2-10H,11H2,1H3,(H2,21,25)(H,24,27);1-2H3. The molecule has 0 radical (unpaired) electrons. The van der Waals surface area contributed by atoms with Crippen LogP contribution >= 0.6 is 11.6 Å². The molecular weight excluding hydrogens is 388 g/mol. The fourth-order valence-corrected chi connectivity index (χ4v) is 3.23. The summed E-state index contributed by atoms with van der Waals surface area (Å²) in [7, 11) is 0. The molecule has 0 bridgehead atoms. The molecular formula is C21H23ClN6O. The van der Waals surface area contributed by atoms with Gasteiger partial charge in [0.05, 0.1) is 11.6 Å². The van der Waals surface area contributed by atoms with Crippen LogP contribution in [0, 0.1) is 0 Å². The summed E-state index contributed by atoms with van der Waals surface area (Å²) in [5.74, 6) is 0.135. The molecule has 3 aromatic rings. The Morgan fingerprint density at radius 2 is 2.03 bits per heavy atom. The summed E-state index contributed by atoms with van der Waals surface area (Å²) in [6.07, 6.45) is 3.15. The van der Waals surface area contributed by atoms with Crippen LogP contribution in [0.3, 0.4) is 0 Å². The Kier molecular flexibility index (Phi) is 5.98. The molecule has 1 aliphatic rings. The number of benzene rings is 1. The van der Waals surface area contributed by atoms with Crippen LogP contribution in [0.25, 0.3) is 0 Å². The van der Waals surface area contributed by atoms with Gasteiger partial charge in [0.1, 0.15) is 22.8 Å². The van der Waals surface area contributed by atoms with E-state index in [1.807, 2.05) is 55.8 Å². The number of anilines is 1. The number of aliphatic imine (C=N–C) groups is 1. The van der Waals surface area contributed by atoms with Gasteiger partial charge in [-0.2, -0.15) is 5.10 Å². The molecule has 150 valence electrons. The van der Waals surface area contributed by atoms with Crippen molar-refractivity contribution in [2.45, 2.75) is 32.9 Å². The van der Waals surface area contributed by atoms with Crippen LogP contribution in [-0.2, 0) is 12.1 Å². The van der Waals surface area contributed by atoms with Crippen molar-refractivity contribution in [3.63, 3.8) is 0 Å². The molecule has 0 saturated heterocycles. The number of hydrogen-bond donors (Lipinski definition) is 2. The molecule has 7 nitrogen and oxygen atoms in total. The SMILES string of the molecule is CC.CC1(c2cccc(NC(=O)c3ccc(Cl)cn3)c2)Cn2nccc2C(N)=N1. The summed E-state index contributed by atoms with van der Waals surface area (Å²) in [5, 5.41) is 7.64. The third kappa shape index (κ3) is 4.30. The lowest BCUT2D eigenvalue weighted by molar-refractivity contribution is 0.102. The number of nitrogens with two attached hydrogens (primary N) is 1. The molecule has 0 spiro atoms. The maximum Gasteiger partial charge on any atom is 0.274 e. The van der Waals surface area contributed by atoms with Gasteiger partial charge in [-0.3, -0.25) is 14.5 Å². The maximum atomic E-state index is 12.4. The first-order chi connectivity index (χ1) is 13.9. The molecule has 1 atom stereocenters. The summed E-state index contributed by atoms with van der Waals surface area (Å²) in [5.41, 5.74) is 8.20. The topological polar surface area (TPSA) is 98.2 Å². The zero-order valence-corrected chi connectivity index (χ0v) is 17.3. The summed E-state index contributed by atoms with van der Waals surface area (Å²) >= 11 is 5.81. The van der Waals surface area contributed by atoms with Gasteiger partial charge in [-0.1, -0.05) is 37.6 Å². The molecule has 2 aromatic heterocycles. The van der Waals surface area contributed by atoms with Crippen molar-refractivity contribution in [2.75, 3.05) is 5.32 Å². The number of fused-ring (bicyclic) bond motifs is 1. The minimum Gasteiger partial charge on any atom is -0.382 e. The molecule has 29 heavy (non-hydrogen) atoms. The first-order valence-electron chi connectivity index (χ1n) is 9.36. The molecule has 0 fully saturated rings. The summed E-state index contributed by atoms with van der Waals surface area (Å²) in [4.78, 5) is 21.1. The van der Waals surface area contributed by atoms with Crippen LogP contribution in [0.15, 0.2) is 59.9 Å². The van der Waals surface area contributed by atoms with Crippen molar-refractivity contribution >= 4 is 29.0 Å². The highest BCUT2D eigenvalue weighted by Gasteiger charge is 2.32. The number of nitrogens with one attached hydrogen (secondary N) is 1. The lowest BCUT2D eigenvalue weighted by atomic mass is 9.91. The molecule has 8 heteroatoms. The van der Waals surface area contributed by atoms with Crippen LogP contribution in [0.5, 0.6) is 0 Å². The lowest BCUT2D eigenvalue weighted by Crippen LogP contribution is -2.37. The smallest absolute Gasteiger partial charge is 0.274 e. The van der Waals surface area contributed by atoms with E-state index in [1.54, 1.807) is 18.3 Å². The Labute approximate surface area is 174 Å². The van der Waals surface area contributed by atoms with Crippen molar-refractivity contribution in [2.24, 2.45) is 10.7 Å². The fraction of sp³-hybridized carbons (Fsp3) is 0.238. The minimum absolute atomic E-state index is 0.289. The molecule has 1 aliphatic heterocycles. The highest BCUT2D eigenvalue weighted by molar-refractivity contribution is 6.30. The number of carbonyl (C=O) groups excluding carboxylic acids is 1. The average Bonchev–Trinajstić information content (AvgIpc) is 3.19. The lowest BCUT2D eigenvalue weighted by Gasteiger charge is -2.31. The summed E-state index contributed by atoms with van der Waals surface area (Å²) < 4.78 is 1.84. The van der Waals surface area contributed by atoms with Crippen molar-refractivity contribution in [3.05, 3.63) is 76.8 Å². The first-order valence-corrected chi connectivity index (χ1v) is 9.73. The highest BCUT2D eigenvalue weighted by Crippen LogP contribution is 2.32. The van der Waals surface area contributed by atoms with E-state index in [2.05, 4.69) is 20.4 Å². The highest BCUT2D eigenvalue weighted by atomic mass is 35.5. The van der Waals surface area contributed by atoms with Gasteiger partial charge >= 0.3 is 0 Å². The largest absolute Gasteiger partial charge is 0.382 e. The van der Waals surface area contributed by atoms with Gasteiger partial charge in [0, 0.05) is 18.1 Å². The van der Waals surface area contributed by atoms with Crippen LogP contribution in [-0.4, -0.2) is 26.5 Å². The summed E-state index contributed by atoms with van der Waals surface area (Å²) in [6.45, 7) is 6.55. The quantitative estimate of drug-likeness (QED) is 0.685. The zero-order valence-electron chi connectivity index (χ0n) is 16.6. The predicted octanol–water partition coefficient (Wildman–Crippen LogP) is 3.84. The third-order valence-electron chi connectivity index (χ3n) is 4.51. The molecule has 3 heterocycles. The van der Waals surface area contributed by atoms with Crippen LogP contribution in [0.2, 0.25) is 5.02 Å². The second kappa shape index (κ2) is 8.45. The van der Waals surface area contributed by atoms with E-state index in [9.17, 15) is 4.79 Å². The first kappa shape index (κ1) is 20.5. The number of nitrogens with zero attached hydrogens (tertiary/aromatic N) is 4. The molecule has 4 rings (SSSR count). The van der Waals surface area contributed by atoms with Crippen molar-refractivity contribution in [3.8, 4) is 0 Å². The average molecular weight is 411 g/mol. The second-order valence-corrected chi connectivity index (χ2v) is 6.98. The number of amides is 1. The zero-order chi connectivity index (χ0) is 21.0. The van der Waals surface area contributed by atoms with Gasteiger partial charge in [0.2, 0.25) is 0 Å². The van der Waals surface area contributed by atoms with E-state index >= 15 is 0 Å². The van der Waals surface area contributed by atoms with Gasteiger partial charge in [-0.25, -0.2) is 4.98 Å². The number of carbonyl (C=O) groups is 1. The van der Waals surface area contributed by atoms with Crippen molar-refractivity contribution < 1.29 is 4.79 Å². The molecule has 3 N–H and O–H groups in total. The van der Waals surface area contributed by atoms with E-state index in [4.69, 9.17) is 17.3 Å². The second-order valence-electron chi connectivity index (χ2n) is 6.54. The normalized spacial score (nSPS) is 17.4. The molecule has 1 aromatic carbocycles. The maximum absolute atomic E-state index is 12.4. The minimum atomic E-state index is -0.581. The van der Waals surface area contributed by atoms with Crippen LogP contribution in [0.1, 0.15) is 42.5 Å². The van der Waals surface area contributed by atoms with E-state index in [0.29, 0.717) is 23.1 Å². The third-order valence-corrected chi connectivity index (χ3v) is 4.73. The summed E-state index contributed by atoms with van der Waals surface area (Å²) in [6, 6.07) is 12.6. The monoisotopic (exact) mass is 410 g/mol. The fourth-order valence-electron chi connectivity index (χ4n) is 3.12. The van der Waals surface area contributed by atoms with Gasteiger partial charge < -0.3 is 11.1 Å². The van der Waals surface area contributed by atoms with E-state index in [-0.39, 0.29) is 11.6 Å². The molecule has 1 amide bonds. The molecule has 0 saturated carbocycles. The Morgan fingerprint density at radius 3 is 2.76 bits per heavy atom. The number of hydrogen-bond acceptors (Lipinski definition) is 5. The molecule has 1 unspecified atom stereocenters. The Hall–Kier alpha value is -3.19. The van der Waals surface area contributed by atoms with Crippen molar-refractivity contribution in [1.82, 2.24) is 14.8 Å². The van der Waals surface area contributed by atoms with Crippen molar-refractivity contribution in [1.29, 1.82) is 0 Å². The predicted molar refractivity (Wildman–Crippen MR) is 115 cm³/mol. The van der Waals surface area contributed by atoms with Gasteiger partial charge in [-0.05, 0) is 42.8 Å². The Balaban J connectivity index is 0.00000117. The van der Waals surface area contributed by atoms with Gasteiger partial charge in [0.25, 0.3) is 5.91 Å². The molecule has 0 aliphatic carbocycles. The number of pyridine rings is 1.